The molecule has 0 spiro atoms. The van der Waals surface area contributed by atoms with Gasteiger partial charge in [-0.25, -0.2) is 13.4 Å². The Labute approximate surface area is 247 Å². The molecule has 0 radical (unpaired) electrons. The minimum atomic E-state index is -3.86. The van der Waals surface area contributed by atoms with Gasteiger partial charge in [-0.15, -0.1) is 0 Å². The summed E-state index contributed by atoms with van der Waals surface area (Å²) in [6.45, 7) is 0. The van der Waals surface area contributed by atoms with E-state index in [1.807, 2.05) is 6.07 Å². The first kappa shape index (κ1) is 28.8. The van der Waals surface area contributed by atoms with Crippen LogP contribution in [0.4, 0.5) is 5.13 Å². The lowest BCUT2D eigenvalue weighted by Gasteiger charge is -2.21. The van der Waals surface area contributed by atoms with Crippen molar-refractivity contribution >= 4 is 48.6 Å². The number of carbonyl (C=O) groups excluding carboxylic acids is 1. The monoisotopic (exact) mass is 601 g/mol. The van der Waals surface area contributed by atoms with Crippen molar-refractivity contribution < 1.29 is 27.4 Å². The molecule has 5 rings (SSSR count). The number of nitrogens with zero attached hydrogens (tertiary/aromatic N) is 1. The zero-order valence-electron chi connectivity index (χ0n) is 22.7. The lowest BCUT2D eigenvalue weighted by atomic mass is 10.1. The predicted molar refractivity (Wildman–Crippen MR) is 163 cm³/mol. The number of benzene rings is 4. The lowest BCUT2D eigenvalue weighted by molar-refractivity contribution is -0.123. The molecule has 1 heterocycles. The highest BCUT2D eigenvalue weighted by Crippen LogP contribution is 2.37. The SMILES string of the molecule is COc1cc2nc(NC(=O)C(Oc3ccc(C=N)cc3)c3ccccc3S(=O)(=O)Cc3ccccc3)sc2cc1OC. The van der Waals surface area contributed by atoms with E-state index in [1.54, 1.807) is 78.9 Å². The summed E-state index contributed by atoms with van der Waals surface area (Å²) in [6.07, 6.45) is -0.148. The molecule has 1 unspecified atom stereocenters. The fraction of sp³-hybridized carbons (Fsp3) is 0.129. The molecule has 11 heteroatoms. The van der Waals surface area contributed by atoms with Gasteiger partial charge in [-0.3, -0.25) is 10.1 Å². The van der Waals surface area contributed by atoms with Crippen LogP contribution >= 0.6 is 11.3 Å². The molecule has 5 aromatic rings. The largest absolute Gasteiger partial charge is 0.493 e. The number of nitrogens with one attached hydrogen (secondary N) is 2. The molecule has 42 heavy (non-hydrogen) atoms. The van der Waals surface area contributed by atoms with Crippen LogP contribution in [0, 0.1) is 5.41 Å². The smallest absolute Gasteiger partial charge is 0.272 e. The van der Waals surface area contributed by atoms with Crippen molar-refractivity contribution in [1.29, 1.82) is 5.41 Å². The Bertz CT molecular complexity index is 1800. The standard InChI is InChI=1S/C31H27N3O6S2/c1-38-25-16-24-27(17-26(25)39-2)41-31(33-24)34-30(35)29(40-22-14-12-20(18-32)13-15-22)23-10-6-7-11-28(23)42(36,37)19-21-8-4-3-5-9-21/h3-18,29,32H,19H2,1-2H3,(H,33,34,35). The van der Waals surface area contributed by atoms with Gasteiger partial charge in [-0.2, -0.15) is 0 Å². The van der Waals surface area contributed by atoms with E-state index < -0.39 is 21.8 Å². The highest BCUT2D eigenvalue weighted by Gasteiger charge is 2.31. The Morgan fingerprint density at radius 1 is 0.952 bits per heavy atom. The van der Waals surface area contributed by atoms with Crippen molar-refractivity contribution in [2.24, 2.45) is 0 Å². The maximum Gasteiger partial charge on any atom is 0.272 e. The van der Waals surface area contributed by atoms with Crippen molar-refractivity contribution in [1.82, 2.24) is 4.98 Å². The number of aromatic nitrogens is 1. The average molecular weight is 602 g/mol. The van der Waals surface area contributed by atoms with Gasteiger partial charge in [0.1, 0.15) is 5.75 Å². The molecule has 2 N–H and O–H groups in total. The first-order chi connectivity index (χ1) is 20.3. The van der Waals surface area contributed by atoms with E-state index in [9.17, 15) is 13.2 Å². The van der Waals surface area contributed by atoms with E-state index in [2.05, 4.69) is 10.3 Å². The molecule has 0 bridgehead atoms. The van der Waals surface area contributed by atoms with E-state index in [-0.39, 0.29) is 16.2 Å². The number of sulfone groups is 1. The average Bonchev–Trinajstić information content (AvgIpc) is 3.40. The Balaban J connectivity index is 1.53. The van der Waals surface area contributed by atoms with Gasteiger partial charge in [0, 0.05) is 23.9 Å². The fourth-order valence-corrected chi connectivity index (χ4v) is 6.85. The summed E-state index contributed by atoms with van der Waals surface area (Å²) in [7, 11) is -0.804. The number of rotatable bonds is 11. The Morgan fingerprint density at radius 2 is 1.62 bits per heavy atom. The van der Waals surface area contributed by atoms with Crippen LogP contribution in [-0.2, 0) is 20.4 Å². The minimum Gasteiger partial charge on any atom is -0.493 e. The molecular weight excluding hydrogens is 574 g/mol. The number of anilines is 1. The quantitative estimate of drug-likeness (QED) is 0.177. The summed E-state index contributed by atoms with van der Waals surface area (Å²) in [5.74, 6) is 0.509. The van der Waals surface area contributed by atoms with Crippen LogP contribution in [0.15, 0.2) is 95.9 Å². The summed E-state index contributed by atoms with van der Waals surface area (Å²) in [5, 5.41) is 10.6. The summed E-state index contributed by atoms with van der Waals surface area (Å²) in [6, 6.07) is 25.2. The van der Waals surface area contributed by atoms with Gasteiger partial charge in [-0.1, -0.05) is 59.9 Å². The van der Waals surface area contributed by atoms with Crippen molar-refractivity contribution in [3.8, 4) is 17.2 Å². The topological polar surface area (TPSA) is 128 Å². The van der Waals surface area contributed by atoms with Crippen LogP contribution in [0.1, 0.15) is 22.8 Å². The Kier molecular flexibility index (Phi) is 8.51. The third-order valence-electron chi connectivity index (χ3n) is 6.40. The predicted octanol–water partition coefficient (Wildman–Crippen LogP) is 6.04. The molecule has 0 aliphatic heterocycles. The number of hydrogen-bond donors (Lipinski definition) is 2. The van der Waals surface area contributed by atoms with Crippen molar-refractivity contribution in [3.63, 3.8) is 0 Å². The highest BCUT2D eigenvalue weighted by atomic mass is 32.2. The second kappa shape index (κ2) is 12.4. The van der Waals surface area contributed by atoms with Crippen molar-refractivity contribution in [3.05, 3.63) is 108 Å². The van der Waals surface area contributed by atoms with Gasteiger partial charge in [0.25, 0.3) is 5.91 Å². The van der Waals surface area contributed by atoms with E-state index in [4.69, 9.17) is 19.6 Å². The number of ether oxygens (including phenoxy) is 3. The maximum absolute atomic E-state index is 13.9. The molecule has 214 valence electrons. The third-order valence-corrected chi connectivity index (χ3v) is 9.09. The maximum atomic E-state index is 13.9. The molecule has 4 aromatic carbocycles. The van der Waals surface area contributed by atoms with Crippen LogP contribution in [0.3, 0.4) is 0 Å². The number of carbonyl (C=O) groups is 1. The van der Waals surface area contributed by atoms with Gasteiger partial charge in [-0.05, 0) is 41.5 Å². The number of amides is 1. The molecule has 0 fully saturated rings. The van der Waals surface area contributed by atoms with Gasteiger partial charge in [0.2, 0.25) is 6.10 Å². The third kappa shape index (κ3) is 6.27. The summed E-state index contributed by atoms with van der Waals surface area (Å²) in [5.41, 5.74) is 2.05. The molecule has 1 aromatic heterocycles. The lowest BCUT2D eigenvalue weighted by Crippen LogP contribution is -2.27. The number of fused-ring (bicyclic) bond motifs is 1. The van der Waals surface area contributed by atoms with Crippen LogP contribution in [0.5, 0.6) is 17.2 Å². The van der Waals surface area contributed by atoms with Crippen LogP contribution in [0.2, 0.25) is 0 Å². The molecule has 0 saturated heterocycles. The fourth-order valence-electron chi connectivity index (χ4n) is 4.37. The van der Waals surface area contributed by atoms with Crippen LogP contribution in [-0.4, -0.2) is 39.7 Å². The van der Waals surface area contributed by atoms with E-state index >= 15 is 0 Å². The van der Waals surface area contributed by atoms with Crippen molar-refractivity contribution in [2.45, 2.75) is 16.8 Å². The number of hydrogen-bond acceptors (Lipinski definition) is 9. The number of thiazole rings is 1. The van der Waals surface area contributed by atoms with Gasteiger partial charge in [0.05, 0.1) is 35.1 Å². The Morgan fingerprint density at radius 3 is 2.31 bits per heavy atom. The molecule has 1 atom stereocenters. The summed E-state index contributed by atoms with van der Waals surface area (Å²) in [4.78, 5) is 18.4. The highest BCUT2D eigenvalue weighted by molar-refractivity contribution is 7.90. The minimum absolute atomic E-state index is 0.0103. The van der Waals surface area contributed by atoms with Crippen molar-refractivity contribution in [2.75, 3.05) is 19.5 Å². The van der Waals surface area contributed by atoms with E-state index in [0.717, 1.165) is 4.70 Å². The molecule has 0 saturated carbocycles. The second-order valence-corrected chi connectivity index (χ2v) is 12.2. The summed E-state index contributed by atoms with van der Waals surface area (Å²) < 4.78 is 44.9. The van der Waals surface area contributed by atoms with Gasteiger partial charge >= 0.3 is 0 Å². The van der Waals surface area contributed by atoms with Gasteiger partial charge in [0.15, 0.2) is 26.5 Å². The number of methoxy groups -OCH3 is 2. The molecular formula is C31H27N3O6S2. The Hall–Kier alpha value is -4.74. The first-order valence-corrected chi connectivity index (χ1v) is 15.2. The van der Waals surface area contributed by atoms with E-state index in [0.29, 0.717) is 39.0 Å². The molecule has 9 nitrogen and oxygen atoms in total. The zero-order valence-corrected chi connectivity index (χ0v) is 24.4. The van der Waals surface area contributed by atoms with Crippen LogP contribution in [0.25, 0.3) is 10.2 Å². The molecule has 0 aliphatic carbocycles. The van der Waals surface area contributed by atoms with E-state index in [1.165, 1.54) is 37.8 Å². The van der Waals surface area contributed by atoms with Gasteiger partial charge < -0.3 is 19.6 Å². The normalized spacial score (nSPS) is 12.0. The first-order valence-electron chi connectivity index (χ1n) is 12.8. The molecule has 0 aliphatic rings. The summed E-state index contributed by atoms with van der Waals surface area (Å²) >= 11 is 1.23. The van der Waals surface area contributed by atoms with Crippen LogP contribution < -0.4 is 19.5 Å². The molecule has 1 amide bonds. The second-order valence-electron chi connectivity index (χ2n) is 9.18. The zero-order chi connectivity index (χ0) is 29.7.